The van der Waals surface area contributed by atoms with Gasteiger partial charge in [-0.3, -0.25) is 4.79 Å². The van der Waals surface area contributed by atoms with E-state index in [1.54, 1.807) is 24.0 Å². The first-order valence-electron chi connectivity index (χ1n) is 10.6. The third kappa shape index (κ3) is 5.10. The molecule has 1 N–H and O–H groups in total. The Morgan fingerprint density at radius 2 is 1.61 bits per heavy atom. The van der Waals surface area contributed by atoms with E-state index in [1.165, 1.54) is 5.56 Å². The van der Waals surface area contributed by atoms with Crippen LogP contribution in [0.3, 0.4) is 0 Å². The standard InChI is InChI=1S/C24H31N3O4/c1-5-26(6-2)23(28)18-9-7-17(8-10-18)15-25-24(29)27-12-11-19-13-21(30-3)22(31-4)14-20(19)16-27/h7-10,13-14H,5-6,11-12,15-16H2,1-4H3,(H,25,29). The van der Waals surface area contributed by atoms with Crippen molar-refractivity contribution in [3.63, 3.8) is 0 Å². The molecule has 7 heteroatoms. The van der Waals surface area contributed by atoms with E-state index in [-0.39, 0.29) is 11.9 Å². The number of benzene rings is 2. The van der Waals surface area contributed by atoms with Crippen molar-refractivity contribution in [1.29, 1.82) is 0 Å². The molecule has 0 radical (unpaired) electrons. The molecular weight excluding hydrogens is 394 g/mol. The summed E-state index contributed by atoms with van der Waals surface area (Å²) in [6, 6.07) is 11.2. The lowest BCUT2D eigenvalue weighted by molar-refractivity contribution is 0.0773. The second-order valence-corrected chi connectivity index (χ2v) is 7.48. The van der Waals surface area contributed by atoms with E-state index in [0.717, 1.165) is 17.5 Å². The van der Waals surface area contributed by atoms with Gasteiger partial charge < -0.3 is 24.6 Å². The smallest absolute Gasteiger partial charge is 0.317 e. The van der Waals surface area contributed by atoms with Crippen molar-refractivity contribution in [2.45, 2.75) is 33.4 Å². The van der Waals surface area contributed by atoms with Gasteiger partial charge in [0.1, 0.15) is 0 Å². The lowest BCUT2D eigenvalue weighted by Crippen LogP contribution is -2.42. The molecule has 0 saturated heterocycles. The number of carbonyl (C=O) groups is 2. The predicted octanol–water partition coefficient (Wildman–Crippen LogP) is 3.45. The number of hydrogen-bond donors (Lipinski definition) is 1. The molecule has 0 aromatic heterocycles. The molecule has 0 spiro atoms. The number of hydrogen-bond acceptors (Lipinski definition) is 4. The molecule has 2 aromatic rings. The predicted molar refractivity (Wildman–Crippen MR) is 120 cm³/mol. The number of nitrogens with one attached hydrogen (secondary N) is 1. The summed E-state index contributed by atoms with van der Waals surface area (Å²) in [6.07, 6.45) is 0.769. The summed E-state index contributed by atoms with van der Waals surface area (Å²) < 4.78 is 10.8. The van der Waals surface area contributed by atoms with E-state index in [4.69, 9.17) is 9.47 Å². The summed E-state index contributed by atoms with van der Waals surface area (Å²) in [6.45, 7) is 6.89. The van der Waals surface area contributed by atoms with Crippen LogP contribution in [-0.2, 0) is 19.5 Å². The first-order chi connectivity index (χ1) is 15.0. The minimum atomic E-state index is -0.108. The Morgan fingerprint density at radius 3 is 2.19 bits per heavy atom. The molecule has 3 amide bonds. The van der Waals surface area contributed by atoms with Gasteiger partial charge in [-0.15, -0.1) is 0 Å². The minimum Gasteiger partial charge on any atom is -0.493 e. The van der Waals surface area contributed by atoms with Gasteiger partial charge in [-0.25, -0.2) is 4.79 Å². The normalized spacial score (nSPS) is 12.7. The molecule has 7 nitrogen and oxygen atoms in total. The average Bonchev–Trinajstić information content (AvgIpc) is 2.82. The summed E-state index contributed by atoms with van der Waals surface area (Å²) in [5.74, 6) is 1.41. The van der Waals surface area contributed by atoms with Crippen molar-refractivity contribution in [2.75, 3.05) is 33.9 Å². The Hall–Kier alpha value is -3.22. The zero-order valence-electron chi connectivity index (χ0n) is 18.7. The van der Waals surface area contributed by atoms with Gasteiger partial charge in [0.15, 0.2) is 11.5 Å². The quantitative estimate of drug-likeness (QED) is 0.738. The molecule has 3 rings (SSSR count). The van der Waals surface area contributed by atoms with Crippen molar-refractivity contribution < 1.29 is 19.1 Å². The van der Waals surface area contributed by atoms with Crippen LogP contribution in [0.25, 0.3) is 0 Å². The molecule has 1 aliphatic rings. The summed E-state index contributed by atoms with van der Waals surface area (Å²) in [7, 11) is 3.23. The Kier molecular flexibility index (Phi) is 7.39. The SMILES string of the molecule is CCN(CC)C(=O)c1ccc(CNC(=O)N2CCc3cc(OC)c(OC)cc3C2)cc1. The van der Waals surface area contributed by atoms with Crippen molar-refractivity contribution in [3.05, 3.63) is 58.7 Å². The maximum absolute atomic E-state index is 12.7. The zero-order chi connectivity index (χ0) is 22.4. The molecule has 0 saturated carbocycles. The highest BCUT2D eigenvalue weighted by Gasteiger charge is 2.22. The Balaban J connectivity index is 1.59. The van der Waals surface area contributed by atoms with Crippen LogP contribution in [0.1, 0.15) is 40.9 Å². The molecule has 1 heterocycles. The third-order valence-corrected chi connectivity index (χ3v) is 5.70. The van der Waals surface area contributed by atoms with Crippen LogP contribution in [0.15, 0.2) is 36.4 Å². The van der Waals surface area contributed by atoms with Crippen LogP contribution in [0, 0.1) is 0 Å². The van der Waals surface area contributed by atoms with E-state index >= 15 is 0 Å². The van der Waals surface area contributed by atoms with E-state index < -0.39 is 0 Å². The lowest BCUT2D eigenvalue weighted by Gasteiger charge is -2.29. The van der Waals surface area contributed by atoms with E-state index in [0.29, 0.717) is 49.8 Å². The number of fused-ring (bicyclic) bond motifs is 1. The summed E-state index contributed by atoms with van der Waals surface area (Å²) in [5.41, 5.74) is 3.86. The molecule has 31 heavy (non-hydrogen) atoms. The van der Waals surface area contributed by atoms with Crippen molar-refractivity contribution in [2.24, 2.45) is 0 Å². The molecule has 0 atom stereocenters. The largest absolute Gasteiger partial charge is 0.493 e. The maximum atomic E-state index is 12.7. The topological polar surface area (TPSA) is 71.1 Å². The molecule has 0 unspecified atom stereocenters. The molecule has 1 aliphatic heterocycles. The Labute approximate surface area is 183 Å². The fourth-order valence-electron chi connectivity index (χ4n) is 3.80. The second kappa shape index (κ2) is 10.2. The van der Waals surface area contributed by atoms with Gasteiger partial charge in [-0.2, -0.15) is 0 Å². The number of ether oxygens (including phenoxy) is 2. The van der Waals surface area contributed by atoms with E-state index in [1.807, 2.05) is 50.2 Å². The minimum absolute atomic E-state index is 0.0274. The van der Waals surface area contributed by atoms with Gasteiger partial charge in [0.2, 0.25) is 0 Å². The van der Waals surface area contributed by atoms with Crippen LogP contribution in [0.4, 0.5) is 4.79 Å². The van der Waals surface area contributed by atoms with Gasteiger partial charge >= 0.3 is 6.03 Å². The molecule has 2 aromatic carbocycles. The monoisotopic (exact) mass is 425 g/mol. The second-order valence-electron chi connectivity index (χ2n) is 7.48. The van der Waals surface area contributed by atoms with Crippen molar-refractivity contribution >= 4 is 11.9 Å². The van der Waals surface area contributed by atoms with Gasteiger partial charge in [-0.1, -0.05) is 12.1 Å². The number of urea groups is 1. The number of carbonyl (C=O) groups excluding carboxylic acids is 2. The number of nitrogens with zero attached hydrogens (tertiary/aromatic N) is 2. The molecule has 166 valence electrons. The summed E-state index contributed by atoms with van der Waals surface area (Å²) in [5, 5.41) is 2.98. The van der Waals surface area contributed by atoms with E-state index in [2.05, 4.69) is 5.32 Å². The van der Waals surface area contributed by atoms with E-state index in [9.17, 15) is 9.59 Å². The summed E-state index contributed by atoms with van der Waals surface area (Å²) >= 11 is 0. The number of methoxy groups -OCH3 is 2. The molecule has 0 bridgehead atoms. The van der Waals surface area contributed by atoms with Crippen LogP contribution >= 0.6 is 0 Å². The highest BCUT2D eigenvalue weighted by atomic mass is 16.5. The zero-order valence-corrected chi connectivity index (χ0v) is 18.7. The maximum Gasteiger partial charge on any atom is 0.317 e. The Morgan fingerprint density at radius 1 is 1.00 bits per heavy atom. The van der Waals surface area contributed by atoms with Crippen LogP contribution in [-0.4, -0.2) is 55.6 Å². The molecule has 0 fully saturated rings. The Bertz CT molecular complexity index is 923. The van der Waals surface area contributed by atoms with Crippen molar-refractivity contribution in [1.82, 2.24) is 15.1 Å². The van der Waals surface area contributed by atoms with Crippen LogP contribution < -0.4 is 14.8 Å². The molecular formula is C24H31N3O4. The van der Waals surface area contributed by atoms with Gasteiger partial charge in [0.05, 0.1) is 14.2 Å². The first-order valence-corrected chi connectivity index (χ1v) is 10.6. The fourth-order valence-corrected chi connectivity index (χ4v) is 3.80. The average molecular weight is 426 g/mol. The number of amides is 3. The highest BCUT2D eigenvalue weighted by molar-refractivity contribution is 5.94. The third-order valence-electron chi connectivity index (χ3n) is 5.70. The van der Waals surface area contributed by atoms with Crippen LogP contribution in [0.5, 0.6) is 11.5 Å². The number of rotatable bonds is 7. The lowest BCUT2D eigenvalue weighted by atomic mass is 9.99. The van der Waals surface area contributed by atoms with Gasteiger partial charge in [0.25, 0.3) is 5.91 Å². The van der Waals surface area contributed by atoms with Gasteiger partial charge in [0, 0.05) is 38.3 Å². The molecule has 0 aliphatic carbocycles. The van der Waals surface area contributed by atoms with Crippen LogP contribution in [0.2, 0.25) is 0 Å². The van der Waals surface area contributed by atoms with Crippen molar-refractivity contribution in [3.8, 4) is 11.5 Å². The first kappa shape index (κ1) is 22.5. The van der Waals surface area contributed by atoms with Gasteiger partial charge in [-0.05, 0) is 61.2 Å². The highest BCUT2D eigenvalue weighted by Crippen LogP contribution is 2.33. The fraction of sp³-hybridized carbons (Fsp3) is 0.417. The summed E-state index contributed by atoms with van der Waals surface area (Å²) in [4.78, 5) is 28.7.